The predicted octanol–water partition coefficient (Wildman–Crippen LogP) is 3.12. The number of pyridine rings is 1. The van der Waals surface area contributed by atoms with Gasteiger partial charge in [-0.1, -0.05) is 18.5 Å². The first-order valence-corrected chi connectivity index (χ1v) is 10.5. The molecule has 2 aliphatic heterocycles. The summed E-state index contributed by atoms with van der Waals surface area (Å²) in [4.78, 5) is 20.3. The molecule has 0 unspecified atom stereocenters. The SMILES string of the molecule is CCCc1noc2nc(C3CC3)cc(C(=O)N3CC[C@@H]4CNC[C@@H]4CC3)c12. The Labute approximate surface area is 159 Å². The van der Waals surface area contributed by atoms with Gasteiger partial charge in [-0.25, -0.2) is 4.98 Å². The predicted molar refractivity (Wildman–Crippen MR) is 103 cm³/mol. The number of hydrogen-bond donors (Lipinski definition) is 1. The molecule has 0 aromatic carbocycles. The summed E-state index contributed by atoms with van der Waals surface area (Å²) >= 11 is 0. The number of hydrogen-bond acceptors (Lipinski definition) is 5. The molecule has 3 aliphatic rings. The standard InChI is InChI=1S/C21H28N4O2/c1-2-3-17-19-16(10-18(13-4-5-13)23-20(19)27-24-17)21(26)25-8-6-14-11-22-12-15(14)7-9-25/h10,13-15,22H,2-9,11-12H2,1H3/t14-,15+. The monoisotopic (exact) mass is 368 g/mol. The largest absolute Gasteiger partial charge is 0.339 e. The van der Waals surface area contributed by atoms with E-state index in [1.54, 1.807) is 0 Å². The number of carbonyl (C=O) groups excluding carboxylic acids is 1. The molecule has 1 N–H and O–H groups in total. The molecule has 0 bridgehead atoms. The molecule has 1 amide bonds. The van der Waals surface area contributed by atoms with Crippen molar-refractivity contribution in [3.8, 4) is 0 Å². The van der Waals surface area contributed by atoms with E-state index in [0.29, 0.717) is 23.5 Å². The molecule has 0 radical (unpaired) electrons. The molecule has 144 valence electrons. The highest BCUT2D eigenvalue weighted by Gasteiger charge is 2.34. The average molecular weight is 368 g/mol. The molecule has 6 heteroatoms. The summed E-state index contributed by atoms with van der Waals surface area (Å²) in [7, 11) is 0. The molecule has 5 rings (SSSR count). The number of likely N-dealkylation sites (tertiary alicyclic amines) is 1. The van der Waals surface area contributed by atoms with Gasteiger partial charge in [0.25, 0.3) is 11.6 Å². The third-order valence-electron chi connectivity index (χ3n) is 6.56. The number of aryl methyl sites for hydroxylation is 1. The van der Waals surface area contributed by atoms with Crippen LogP contribution in [-0.2, 0) is 6.42 Å². The Bertz CT molecular complexity index is 843. The van der Waals surface area contributed by atoms with Crippen LogP contribution in [0.25, 0.3) is 11.1 Å². The smallest absolute Gasteiger partial charge is 0.259 e. The topological polar surface area (TPSA) is 71.3 Å². The van der Waals surface area contributed by atoms with Crippen molar-refractivity contribution >= 4 is 17.0 Å². The minimum Gasteiger partial charge on any atom is -0.339 e. The Morgan fingerprint density at radius 2 is 1.96 bits per heavy atom. The lowest BCUT2D eigenvalue weighted by Crippen LogP contribution is -2.33. The Morgan fingerprint density at radius 1 is 1.22 bits per heavy atom. The Kier molecular flexibility index (Phi) is 4.38. The Morgan fingerprint density at radius 3 is 2.63 bits per heavy atom. The van der Waals surface area contributed by atoms with Gasteiger partial charge in [0.15, 0.2) is 0 Å². The highest BCUT2D eigenvalue weighted by atomic mass is 16.5. The first kappa shape index (κ1) is 17.2. The molecule has 27 heavy (non-hydrogen) atoms. The molecular weight excluding hydrogens is 340 g/mol. The van der Waals surface area contributed by atoms with E-state index in [2.05, 4.69) is 27.3 Å². The van der Waals surface area contributed by atoms with Crippen LogP contribution in [0.3, 0.4) is 0 Å². The summed E-state index contributed by atoms with van der Waals surface area (Å²) in [6, 6.07) is 2.03. The van der Waals surface area contributed by atoms with Crippen molar-refractivity contribution < 1.29 is 9.32 Å². The molecule has 1 aliphatic carbocycles. The van der Waals surface area contributed by atoms with Crippen molar-refractivity contribution in [3.63, 3.8) is 0 Å². The van der Waals surface area contributed by atoms with Crippen LogP contribution in [0.1, 0.15) is 66.7 Å². The van der Waals surface area contributed by atoms with Crippen molar-refractivity contribution in [3.05, 3.63) is 23.0 Å². The number of nitrogens with zero attached hydrogens (tertiary/aromatic N) is 3. The maximum Gasteiger partial charge on any atom is 0.259 e. The first-order chi connectivity index (χ1) is 13.2. The van der Waals surface area contributed by atoms with Gasteiger partial charge in [0, 0.05) is 24.7 Å². The maximum atomic E-state index is 13.5. The van der Waals surface area contributed by atoms with Gasteiger partial charge in [-0.05, 0) is 63.1 Å². The number of fused-ring (bicyclic) bond motifs is 2. The van der Waals surface area contributed by atoms with Crippen molar-refractivity contribution in [2.24, 2.45) is 11.8 Å². The quantitative estimate of drug-likeness (QED) is 0.898. The molecular formula is C21H28N4O2. The molecule has 3 fully saturated rings. The lowest BCUT2D eigenvalue weighted by Gasteiger charge is -2.21. The van der Waals surface area contributed by atoms with Crippen LogP contribution in [0.4, 0.5) is 0 Å². The van der Waals surface area contributed by atoms with E-state index in [-0.39, 0.29) is 5.91 Å². The van der Waals surface area contributed by atoms with Gasteiger partial charge in [-0.2, -0.15) is 0 Å². The second-order valence-corrected chi connectivity index (χ2v) is 8.48. The Balaban J connectivity index is 1.50. The van der Waals surface area contributed by atoms with Crippen molar-refractivity contribution in [1.29, 1.82) is 0 Å². The number of aromatic nitrogens is 2. The summed E-state index contributed by atoms with van der Waals surface area (Å²) < 4.78 is 5.54. The summed E-state index contributed by atoms with van der Waals surface area (Å²) in [6.07, 6.45) is 6.29. The number of nitrogens with one attached hydrogen (secondary N) is 1. The third-order valence-corrected chi connectivity index (χ3v) is 6.56. The number of rotatable bonds is 4. The van der Waals surface area contributed by atoms with E-state index in [9.17, 15) is 4.79 Å². The fraction of sp³-hybridized carbons (Fsp3) is 0.667. The van der Waals surface area contributed by atoms with Crippen molar-refractivity contribution in [2.45, 2.75) is 51.4 Å². The first-order valence-electron chi connectivity index (χ1n) is 10.5. The molecule has 6 nitrogen and oxygen atoms in total. The van der Waals surface area contributed by atoms with Gasteiger partial charge in [0.2, 0.25) is 0 Å². The van der Waals surface area contributed by atoms with Crippen LogP contribution in [0.2, 0.25) is 0 Å². The van der Waals surface area contributed by atoms with Gasteiger partial charge in [0.1, 0.15) is 0 Å². The van der Waals surface area contributed by atoms with E-state index in [4.69, 9.17) is 4.52 Å². The number of amides is 1. The van der Waals surface area contributed by atoms with Gasteiger partial charge >= 0.3 is 0 Å². The zero-order chi connectivity index (χ0) is 18.4. The molecule has 2 atom stereocenters. The van der Waals surface area contributed by atoms with Gasteiger partial charge in [-0.15, -0.1) is 0 Å². The lowest BCUT2D eigenvalue weighted by molar-refractivity contribution is 0.0760. The summed E-state index contributed by atoms with van der Waals surface area (Å²) in [6.45, 7) is 6.02. The Hall–Kier alpha value is -1.95. The summed E-state index contributed by atoms with van der Waals surface area (Å²) in [5.41, 5.74) is 3.18. The van der Waals surface area contributed by atoms with Gasteiger partial charge in [0.05, 0.1) is 16.6 Å². The molecule has 2 aromatic rings. The van der Waals surface area contributed by atoms with Crippen LogP contribution < -0.4 is 5.32 Å². The zero-order valence-corrected chi connectivity index (χ0v) is 16.0. The fourth-order valence-electron chi connectivity index (χ4n) is 4.79. The van der Waals surface area contributed by atoms with Crippen LogP contribution in [-0.4, -0.2) is 47.1 Å². The summed E-state index contributed by atoms with van der Waals surface area (Å²) in [5.74, 6) is 2.05. The maximum absolute atomic E-state index is 13.5. The highest BCUT2D eigenvalue weighted by molar-refractivity contribution is 6.06. The van der Waals surface area contributed by atoms with Crippen LogP contribution in [0, 0.1) is 11.8 Å². The van der Waals surface area contributed by atoms with Crippen molar-refractivity contribution in [2.75, 3.05) is 26.2 Å². The lowest BCUT2D eigenvalue weighted by atomic mass is 9.92. The molecule has 4 heterocycles. The second-order valence-electron chi connectivity index (χ2n) is 8.48. The summed E-state index contributed by atoms with van der Waals surface area (Å²) in [5, 5.41) is 8.59. The highest BCUT2D eigenvalue weighted by Crippen LogP contribution is 2.41. The molecule has 2 saturated heterocycles. The zero-order valence-electron chi connectivity index (χ0n) is 16.0. The van der Waals surface area contributed by atoms with E-state index in [1.165, 1.54) is 0 Å². The average Bonchev–Trinajstić information content (AvgIpc) is 3.37. The second kappa shape index (κ2) is 6.89. The van der Waals surface area contributed by atoms with E-state index in [0.717, 1.165) is 87.0 Å². The van der Waals surface area contributed by atoms with Crippen LogP contribution in [0.15, 0.2) is 10.6 Å². The van der Waals surface area contributed by atoms with Crippen molar-refractivity contribution in [1.82, 2.24) is 20.4 Å². The van der Waals surface area contributed by atoms with E-state index < -0.39 is 0 Å². The number of carbonyl (C=O) groups is 1. The third kappa shape index (κ3) is 3.14. The molecule has 0 spiro atoms. The fourth-order valence-corrected chi connectivity index (χ4v) is 4.79. The normalized spacial score (nSPS) is 25.6. The molecule has 1 saturated carbocycles. The van der Waals surface area contributed by atoms with Gasteiger partial charge in [-0.3, -0.25) is 4.79 Å². The van der Waals surface area contributed by atoms with E-state index in [1.807, 2.05) is 6.07 Å². The van der Waals surface area contributed by atoms with E-state index >= 15 is 0 Å². The van der Waals surface area contributed by atoms with Crippen LogP contribution in [0.5, 0.6) is 0 Å². The van der Waals surface area contributed by atoms with Gasteiger partial charge < -0.3 is 14.7 Å². The minimum absolute atomic E-state index is 0.137. The van der Waals surface area contributed by atoms with Crippen LogP contribution >= 0.6 is 0 Å². The molecule has 2 aromatic heterocycles. The minimum atomic E-state index is 0.137.